The van der Waals surface area contributed by atoms with Gasteiger partial charge in [-0.2, -0.15) is 5.10 Å². The van der Waals surface area contributed by atoms with Crippen LogP contribution in [-0.4, -0.2) is 23.9 Å². The van der Waals surface area contributed by atoms with Gasteiger partial charge in [-0.05, 0) is 25.8 Å². The van der Waals surface area contributed by atoms with Crippen molar-refractivity contribution in [2.24, 2.45) is 13.0 Å². The molecule has 1 aromatic heterocycles. The Morgan fingerprint density at radius 2 is 2.22 bits per heavy atom. The highest BCUT2D eigenvalue weighted by Gasteiger charge is 2.22. The molecule has 1 aliphatic rings. The number of aromatic nitrogens is 2. The van der Waals surface area contributed by atoms with E-state index in [4.69, 9.17) is 4.74 Å². The summed E-state index contributed by atoms with van der Waals surface area (Å²) < 4.78 is 7.32. The molecule has 1 aromatic rings. The Labute approximate surface area is 110 Å². The van der Waals surface area contributed by atoms with Crippen molar-refractivity contribution in [1.82, 2.24) is 15.1 Å². The molecule has 18 heavy (non-hydrogen) atoms. The van der Waals surface area contributed by atoms with E-state index in [2.05, 4.69) is 10.4 Å². The SMILES string of the molecule is CNC(CCC1CCCC1)c1c(OC)cnn1C. The van der Waals surface area contributed by atoms with Crippen LogP contribution in [0.5, 0.6) is 5.75 Å². The first-order chi connectivity index (χ1) is 8.76. The second-order valence-electron chi connectivity index (χ2n) is 5.29. The lowest BCUT2D eigenvalue weighted by atomic mass is 9.97. The third kappa shape index (κ3) is 2.86. The third-order valence-electron chi connectivity index (χ3n) is 4.19. The topological polar surface area (TPSA) is 39.1 Å². The molecule has 0 bridgehead atoms. The minimum Gasteiger partial charge on any atom is -0.493 e. The van der Waals surface area contributed by atoms with Gasteiger partial charge in [0.15, 0.2) is 5.75 Å². The van der Waals surface area contributed by atoms with Gasteiger partial charge in [-0.1, -0.05) is 25.7 Å². The van der Waals surface area contributed by atoms with E-state index in [1.807, 2.05) is 18.8 Å². The van der Waals surface area contributed by atoms with E-state index in [1.54, 1.807) is 13.3 Å². The van der Waals surface area contributed by atoms with Crippen molar-refractivity contribution in [3.63, 3.8) is 0 Å². The van der Waals surface area contributed by atoms with Crippen LogP contribution in [0.15, 0.2) is 6.20 Å². The average Bonchev–Trinajstić information content (AvgIpc) is 3.01. The Kier molecular flexibility index (Phi) is 4.64. The van der Waals surface area contributed by atoms with Crippen LogP contribution in [-0.2, 0) is 7.05 Å². The van der Waals surface area contributed by atoms with Crippen molar-refractivity contribution in [2.45, 2.75) is 44.6 Å². The van der Waals surface area contributed by atoms with Gasteiger partial charge in [-0.25, -0.2) is 0 Å². The van der Waals surface area contributed by atoms with E-state index in [1.165, 1.54) is 32.1 Å². The van der Waals surface area contributed by atoms with E-state index in [0.29, 0.717) is 6.04 Å². The number of methoxy groups -OCH3 is 1. The largest absolute Gasteiger partial charge is 0.493 e. The predicted molar refractivity (Wildman–Crippen MR) is 72.8 cm³/mol. The number of hydrogen-bond donors (Lipinski definition) is 1. The van der Waals surface area contributed by atoms with Gasteiger partial charge in [0.2, 0.25) is 0 Å². The molecule has 1 atom stereocenters. The Balaban J connectivity index is 2.00. The van der Waals surface area contributed by atoms with E-state index >= 15 is 0 Å². The Hall–Kier alpha value is -1.03. The van der Waals surface area contributed by atoms with Crippen LogP contribution in [0.4, 0.5) is 0 Å². The minimum atomic E-state index is 0.341. The van der Waals surface area contributed by atoms with Crippen molar-refractivity contribution in [3.05, 3.63) is 11.9 Å². The molecule has 0 saturated heterocycles. The first kappa shape index (κ1) is 13.4. The fraction of sp³-hybridized carbons (Fsp3) is 0.786. The fourth-order valence-electron chi connectivity index (χ4n) is 3.10. The Bertz CT molecular complexity index is 369. The third-order valence-corrected chi connectivity index (χ3v) is 4.19. The Morgan fingerprint density at radius 3 is 2.83 bits per heavy atom. The molecular formula is C14H25N3O. The van der Waals surface area contributed by atoms with Crippen LogP contribution in [0.2, 0.25) is 0 Å². The van der Waals surface area contributed by atoms with Crippen molar-refractivity contribution in [1.29, 1.82) is 0 Å². The van der Waals surface area contributed by atoms with Gasteiger partial charge >= 0.3 is 0 Å². The maximum absolute atomic E-state index is 5.40. The molecule has 1 aliphatic carbocycles. The fourth-order valence-corrected chi connectivity index (χ4v) is 3.10. The second kappa shape index (κ2) is 6.23. The lowest BCUT2D eigenvalue weighted by Gasteiger charge is -2.19. The number of nitrogens with one attached hydrogen (secondary N) is 1. The zero-order valence-electron chi connectivity index (χ0n) is 11.8. The maximum atomic E-state index is 5.40. The summed E-state index contributed by atoms with van der Waals surface area (Å²) in [6.07, 6.45) is 9.94. The van der Waals surface area contributed by atoms with Gasteiger partial charge in [0, 0.05) is 7.05 Å². The minimum absolute atomic E-state index is 0.341. The zero-order valence-corrected chi connectivity index (χ0v) is 11.8. The second-order valence-corrected chi connectivity index (χ2v) is 5.29. The summed E-state index contributed by atoms with van der Waals surface area (Å²) in [6.45, 7) is 0. The van der Waals surface area contributed by atoms with Gasteiger partial charge < -0.3 is 10.1 Å². The molecule has 1 unspecified atom stereocenters. The number of aryl methyl sites for hydroxylation is 1. The van der Waals surface area contributed by atoms with Crippen LogP contribution in [0, 0.1) is 5.92 Å². The average molecular weight is 251 g/mol. The van der Waals surface area contributed by atoms with Gasteiger partial charge in [0.25, 0.3) is 0 Å². The van der Waals surface area contributed by atoms with Crippen molar-refractivity contribution < 1.29 is 4.74 Å². The van der Waals surface area contributed by atoms with Crippen molar-refractivity contribution in [2.75, 3.05) is 14.2 Å². The number of nitrogens with zero attached hydrogens (tertiary/aromatic N) is 2. The lowest BCUT2D eigenvalue weighted by molar-refractivity contribution is 0.378. The molecule has 1 N–H and O–H groups in total. The highest BCUT2D eigenvalue weighted by molar-refractivity contribution is 5.28. The Morgan fingerprint density at radius 1 is 1.50 bits per heavy atom. The van der Waals surface area contributed by atoms with Crippen molar-refractivity contribution >= 4 is 0 Å². The summed E-state index contributed by atoms with van der Waals surface area (Å²) in [7, 11) is 5.72. The molecular weight excluding hydrogens is 226 g/mol. The molecule has 0 spiro atoms. The summed E-state index contributed by atoms with van der Waals surface area (Å²) >= 11 is 0. The lowest BCUT2D eigenvalue weighted by Crippen LogP contribution is -2.20. The van der Waals surface area contributed by atoms with Gasteiger partial charge in [0.05, 0.1) is 25.0 Å². The molecule has 0 aliphatic heterocycles. The summed E-state index contributed by atoms with van der Waals surface area (Å²) in [5, 5.41) is 7.69. The van der Waals surface area contributed by atoms with Crippen LogP contribution in [0.25, 0.3) is 0 Å². The van der Waals surface area contributed by atoms with Crippen molar-refractivity contribution in [3.8, 4) is 5.75 Å². The predicted octanol–water partition coefficient (Wildman–Crippen LogP) is 2.66. The summed E-state index contributed by atoms with van der Waals surface area (Å²) in [5.41, 5.74) is 1.16. The monoisotopic (exact) mass is 251 g/mol. The van der Waals surface area contributed by atoms with Crippen LogP contribution in [0.3, 0.4) is 0 Å². The smallest absolute Gasteiger partial charge is 0.161 e. The van der Waals surface area contributed by atoms with Gasteiger partial charge in [-0.3, -0.25) is 4.68 Å². The highest BCUT2D eigenvalue weighted by atomic mass is 16.5. The van der Waals surface area contributed by atoms with E-state index in [9.17, 15) is 0 Å². The number of rotatable bonds is 6. The van der Waals surface area contributed by atoms with E-state index < -0.39 is 0 Å². The molecule has 4 heteroatoms. The van der Waals surface area contributed by atoms with E-state index in [-0.39, 0.29) is 0 Å². The quantitative estimate of drug-likeness (QED) is 0.845. The molecule has 4 nitrogen and oxygen atoms in total. The zero-order chi connectivity index (χ0) is 13.0. The molecule has 1 saturated carbocycles. The summed E-state index contributed by atoms with van der Waals surface area (Å²) in [5.74, 6) is 1.82. The van der Waals surface area contributed by atoms with Gasteiger partial charge in [-0.15, -0.1) is 0 Å². The standard InChI is InChI=1S/C14H25N3O/c1-15-12(9-8-11-6-4-5-7-11)14-13(18-3)10-16-17(14)2/h10-12,15H,4-9H2,1-3H3. The molecule has 102 valence electrons. The molecule has 1 fully saturated rings. The molecule has 0 amide bonds. The van der Waals surface area contributed by atoms with Crippen LogP contribution in [0.1, 0.15) is 50.3 Å². The normalized spacial score (nSPS) is 18.2. The summed E-state index contributed by atoms with van der Waals surface area (Å²) in [4.78, 5) is 0. The number of hydrogen-bond acceptors (Lipinski definition) is 3. The van der Waals surface area contributed by atoms with E-state index in [0.717, 1.165) is 23.8 Å². The maximum Gasteiger partial charge on any atom is 0.161 e. The van der Waals surface area contributed by atoms with Crippen LogP contribution < -0.4 is 10.1 Å². The van der Waals surface area contributed by atoms with Crippen LogP contribution >= 0.6 is 0 Å². The molecule has 0 radical (unpaired) electrons. The summed E-state index contributed by atoms with van der Waals surface area (Å²) in [6, 6.07) is 0.341. The first-order valence-electron chi connectivity index (χ1n) is 6.99. The highest BCUT2D eigenvalue weighted by Crippen LogP contribution is 2.33. The molecule has 2 rings (SSSR count). The molecule has 1 heterocycles. The first-order valence-corrected chi connectivity index (χ1v) is 6.99. The number of ether oxygens (including phenoxy) is 1. The molecule has 0 aromatic carbocycles. The van der Waals surface area contributed by atoms with Gasteiger partial charge in [0.1, 0.15) is 0 Å².